The summed E-state index contributed by atoms with van der Waals surface area (Å²) in [5.74, 6) is 0.476. The molecule has 0 N–H and O–H groups in total. The second-order valence-corrected chi connectivity index (χ2v) is 6.20. The van der Waals surface area contributed by atoms with Gasteiger partial charge in [0.2, 0.25) is 0 Å². The molecule has 0 bridgehead atoms. The lowest BCUT2D eigenvalue weighted by Gasteiger charge is -2.08. The molecule has 6 heteroatoms. The third-order valence-electron chi connectivity index (χ3n) is 3.72. The van der Waals surface area contributed by atoms with Gasteiger partial charge in [0.1, 0.15) is 12.3 Å². The highest BCUT2D eigenvalue weighted by atomic mass is 79.9. The molecule has 0 aliphatic heterocycles. The summed E-state index contributed by atoms with van der Waals surface area (Å²) in [4.78, 5) is 24.5. The first-order valence-corrected chi connectivity index (χ1v) is 8.38. The van der Waals surface area contributed by atoms with Crippen LogP contribution in [0.4, 0.5) is 0 Å². The van der Waals surface area contributed by atoms with E-state index in [0.29, 0.717) is 17.0 Å². The van der Waals surface area contributed by atoms with Crippen molar-refractivity contribution in [2.24, 2.45) is 0 Å². The van der Waals surface area contributed by atoms with E-state index in [1.807, 2.05) is 24.3 Å². The molecule has 5 nitrogen and oxygen atoms in total. The van der Waals surface area contributed by atoms with E-state index in [0.717, 1.165) is 10.0 Å². The summed E-state index contributed by atoms with van der Waals surface area (Å²) in [6.45, 7) is -0.122. The predicted molar refractivity (Wildman–Crippen MR) is 99.0 cm³/mol. The largest absolute Gasteiger partial charge is 0.497 e. The fourth-order valence-corrected chi connectivity index (χ4v) is 2.87. The van der Waals surface area contributed by atoms with Crippen LogP contribution in [0.15, 0.2) is 69.9 Å². The van der Waals surface area contributed by atoms with Crippen molar-refractivity contribution in [1.82, 2.24) is 9.78 Å². The lowest BCUT2D eigenvalue weighted by molar-refractivity contribution is 0.0966. The zero-order valence-corrected chi connectivity index (χ0v) is 15.1. The van der Waals surface area contributed by atoms with Gasteiger partial charge in [-0.25, -0.2) is 4.68 Å². The summed E-state index contributed by atoms with van der Waals surface area (Å²) in [6.07, 6.45) is 0. The van der Waals surface area contributed by atoms with Crippen molar-refractivity contribution in [3.63, 3.8) is 0 Å². The van der Waals surface area contributed by atoms with Gasteiger partial charge in [-0.2, -0.15) is 5.10 Å². The molecule has 2 aromatic carbocycles. The molecule has 25 heavy (non-hydrogen) atoms. The van der Waals surface area contributed by atoms with E-state index in [-0.39, 0.29) is 17.9 Å². The second kappa shape index (κ2) is 7.44. The Morgan fingerprint density at radius 1 is 1.08 bits per heavy atom. The van der Waals surface area contributed by atoms with Gasteiger partial charge in [-0.15, -0.1) is 0 Å². The van der Waals surface area contributed by atoms with Gasteiger partial charge in [0.15, 0.2) is 5.78 Å². The number of ketones is 1. The number of hydrogen-bond acceptors (Lipinski definition) is 4. The quantitative estimate of drug-likeness (QED) is 0.616. The minimum atomic E-state index is -0.322. The van der Waals surface area contributed by atoms with Gasteiger partial charge in [-0.05, 0) is 36.4 Å². The van der Waals surface area contributed by atoms with Crippen LogP contribution >= 0.6 is 15.9 Å². The summed E-state index contributed by atoms with van der Waals surface area (Å²) in [5, 5.41) is 4.33. The Morgan fingerprint density at radius 2 is 1.80 bits per heavy atom. The van der Waals surface area contributed by atoms with Crippen molar-refractivity contribution >= 4 is 21.7 Å². The number of nitrogens with zero attached hydrogens (tertiary/aromatic N) is 2. The molecule has 0 unspecified atom stereocenters. The van der Waals surface area contributed by atoms with E-state index in [1.54, 1.807) is 37.4 Å². The molecule has 0 spiro atoms. The molecule has 0 fully saturated rings. The average Bonchev–Trinajstić information content (AvgIpc) is 2.64. The molecule has 126 valence electrons. The van der Waals surface area contributed by atoms with Gasteiger partial charge in [0.25, 0.3) is 5.56 Å². The number of carbonyl (C=O) groups is 1. The monoisotopic (exact) mass is 398 g/mol. The number of carbonyl (C=O) groups excluding carboxylic acids is 1. The van der Waals surface area contributed by atoms with Gasteiger partial charge in [0, 0.05) is 21.7 Å². The van der Waals surface area contributed by atoms with Gasteiger partial charge in [-0.3, -0.25) is 9.59 Å². The lowest BCUT2D eigenvalue weighted by Crippen LogP contribution is -2.26. The first kappa shape index (κ1) is 17.1. The zero-order valence-electron chi connectivity index (χ0n) is 13.5. The number of ether oxygens (including phenoxy) is 1. The molecule has 0 aliphatic carbocycles. The van der Waals surface area contributed by atoms with Crippen molar-refractivity contribution in [1.29, 1.82) is 0 Å². The molecule has 0 saturated carbocycles. The van der Waals surface area contributed by atoms with Crippen LogP contribution < -0.4 is 10.3 Å². The Labute approximate surface area is 153 Å². The number of benzene rings is 2. The van der Waals surface area contributed by atoms with E-state index in [1.165, 1.54) is 10.7 Å². The Hall–Kier alpha value is -2.73. The summed E-state index contributed by atoms with van der Waals surface area (Å²) in [5.41, 5.74) is 1.65. The van der Waals surface area contributed by atoms with E-state index < -0.39 is 0 Å². The molecular formula is C19H15BrN2O3. The van der Waals surface area contributed by atoms with E-state index in [2.05, 4.69) is 21.0 Å². The summed E-state index contributed by atoms with van der Waals surface area (Å²) >= 11 is 3.47. The normalized spacial score (nSPS) is 10.5. The molecule has 1 aromatic heterocycles. The third-order valence-corrected chi connectivity index (χ3v) is 4.41. The Balaban J connectivity index is 1.89. The molecule has 0 aliphatic rings. The van der Waals surface area contributed by atoms with Gasteiger partial charge in [0.05, 0.1) is 12.8 Å². The standard InChI is InChI=1S/C19H15BrN2O3/c1-25-14-8-6-13(7-9-14)18(23)12-22-19(24)11-10-17(21-22)15-4-2-3-5-16(15)20/h2-11H,12H2,1H3. The predicted octanol–water partition coefficient (Wildman–Crippen LogP) is 3.56. The smallest absolute Gasteiger partial charge is 0.267 e. The topological polar surface area (TPSA) is 61.2 Å². The fourth-order valence-electron chi connectivity index (χ4n) is 2.38. The van der Waals surface area contributed by atoms with Crippen LogP contribution in [0.25, 0.3) is 11.3 Å². The molecule has 3 aromatic rings. The van der Waals surface area contributed by atoms with E-state index in [4.69, 9.17) is 4.74 Å². The number of rotatable bonds is 5. The third kappa shape index (κ3) is 3.85. The van der Waals surface area contributed by atoms with Crippen LogP contribution in [-0.4, -0.2) is 22.7 Å². The Kier molecular flexibility index (Phi) is 5.09. The van der Waals surface area contributed by atoms with Crippen molar-refractivity contribution < 1.29 is 9.53 Å². The van der Waals surface area contributed by atoms with Crippen LogP contribution in [0, 0.1) is 0 Å². The summed E-state index contributed by atoms with van der Waals surface area (Å²) < 4.78 is 7.13. The Morgan fingerprint density at radius 3 is 2.48 bits per heavy atom. The minimum absolute atomic E-state index is 0.122. The van der Waals surface area contributed by atoms with Crippen molar-refractivity contribution in [3.8, 4) is 17.0 Å². The average molecular weight is 399 g/mol. The van der Waals surface area contributed by atoms with Gasteiger partial charge in [-0.1, -0.05) is 34.1 Å². The highest BCUT2D eigenvalue weighted by Crippen LogP contribution is 2.25. The van der Waals surface area contributed by atoms with Crippen molar-refractivity contribution in [2.45, 2.75) is 6.54 Å². The van der Waals surface area contributed by atoms with Crippen molar-refractivity contribution in [3.05, 3.63) is 81.1 Å². The maximum absolute atomic E-state index is 12.4. The van der Waals surface area contributed by atoms with Crippen LogP contribution in [-0.2, 0) is 6.54 Å². The molecule has 0 amide bonds. The van der Waals surface area contributed by atoms with Gasteiger partial charge >= 0.3 is 0 Å². The minimum Gasteiger partial charge on any atom is -0.497 e. The van der Waals surface area contributed by atoms with Crippen LogP contribution in [0.1, 0.15) is 10.4 Å². The lowest BCUT2D eigenvalue weighted by atomic mass is 10.1. The number of hydrogen-bond donors (Lipinski definition) is 0. The number of halogens is 1. The molecular weight excluding hydrogens is 384 g/mol. The fraction of sp³-hybridized carbons (Fsp3) is 0.105. The van der Waals surface area contributed by atoms with E-state index >= 15 is 0 Å². The Bertz CT molecular complexity index is 965. The van der Waals surface area contributed by atoms with Gasteiger partial charge < -0.3 is 4.74 Å². The number of methoxy groups -OCH3 is 1. The molecule has 0 saturated heterocycles. The first-order chi connectivity index (χ1) is 12.1. The summed E-state index contributed by atoms with van der Waals surface area (Å²) in [7, 11) is 1.56. The van der Waals surface area contributed by atoms with Crippen LogP contribution in [0.5, 0.6) is 5.75 Å². The highest BCUT2D eigenvalue weighted by molar-refractivity contribution is 9.10. The molecule has 3 rings (SSSR count). The first-order valence-electron chi connectivity index (χ1n) is 7.59. The second-order valence-electron chi connectivity index (χ2n) is 5.35. The summed E-state index contributed by atoms with van der Waals surface area (Å²) in [6, 6.07) is 17.4. The van der Waals surface area contributed by atoms with Crippen molar-refractivity contribution in [2.75, 3.05) is 7.11 Å². The van der Waals surface area contributed by atoms with E-state index in [9.17, 15) is 9.59 Å². The maximum Gasteiger partial charge on any atom is 0.267 e. The molecule has 1 heterocycles. The van der Waals surface area contributed by atoms with Crippen LogP contribution in [0.2, 0.25) is 0 Å². The number of aromatic nitrogens is 2. The highest BCUT2D eigenvalue weighted by Gasteiger charge is 2.11. The SMILES string of the molecule is COc1ccc(C(=O)Cn2nc(-c3ccccc3Br)ccc2=O)cc1. The number of Topliss-reactive ketones (excluding diaryl/α,β-unsaturated/α-hetero) is 1. The molecule has 0 radical (unpaired) electrons. The maximum atomic E-state index is 12.4. The zero-order chi connectivity index (χ0) is 17.8. The molecule has 0 atom stereocenters. The van der Waals surface area contributed by atoms with Crippen LogP contribution in [0.3, 0.4) is 0 Å².